The molecule has 2 aliphatic rings. The third-order valence-electron chi connectivity index (χ3n) is 6.12. The maximum absolute atomic E-state index is 12.5. The molecular formula is C24H28N2O4. The molecule has 0 saturated carbocycles. The summed E-state index contributed by atoms with van der Waals surface area (Å²) in [5.74, 6) is 1.31. The quantitative estimate of drug-likeness (QED) is 0.490. The predicted octanol–water partition coefficient (Wildman–Crippen LogP) is 3.92. The van der Waals surface area contributed by atoms with Gasteiger partial charge in [-0.05, 0) is 57.0 Å². The SMILES string of the molecule is COc1ccc([C@@H]2CCCN2CCCCN2C(=O)c3ccccc3C2=O)c(OC)c1. The van der Waals surface area contributed by atoms with Gasteiger partial charge < -0.3 is 9.47 Å². The van der Waals surface area contributed by atoms with E-state index in [-0.39, 0.29) is 11.8 Å². The first-order valence-corrected chi connectivity index (χ1v) is 10.5. The van der Waals surface area contributed by atoms with Crippen molar-refractivity contribution in [1.82, 2.24) is 9.80 Å². The number of likely N-dealkylation sites (tertiary alicyclic amines) is 1. The van der Waals surface area contributed by atoms with Gasteiger partial charge in [-0.25, -0.2) is 0 Å². The van der Waals surface area contributed by atoms with Crippen LogP contribution in [0.1, 0.15) is 58.0 Å². The van der Waals surface area contributed by atoms with E-state index in [4.69, 9.17) is 9.47 Å². The van der Waals surface area contributed by atoms with E-state index in [0.717, 1.165) is 50.3 Å². The lowest BCUT2D eigenvalue weighted by Gasteiger charge is -2.26. The van der Waals surface area contributed by atoms with Crippen LogP contribution in [-0.4, -0.2) is 55.5 Å². The Hall–Kier alpha value is -2.86. The number of nitrogens with zero attached hydrogens (tertiary/aromatic N) is 2. The monoisotopic (exact) mass is 408 g/mol. The smallest absolute Gasteiger partial charge is 0.261 e. The zero-order chi connectivity index (χ0) is 21.1. The van der Waals surface area contributed by atoms with Gasteiger partial charge in [-0.2, -0.15) is 0 Å². The summed E-state index contributed by atoms with van der Waals surface area (Å²) in [5, 5.41) is 0. The van der Waals surface area contributed by atoms with Crippen molar-refractivity contribution >= 4 is 11.8 Å². The Kier molecular flexibility index (Phi) is 6.04. The van der Waals surface area contributed by atoms with E-state index in [1.165, 1.54) is 10.5 Å². The topological polar surface area (TPSA) is 59.1 Å². The highest BCUT2D eigenvalue weighted by molar-refractivity contribution is 6.21. The number of benzene rings is 2. The summed E-state index contributed by atoms with van der Waals surface area (Å²) in [6.45, 7) is 2.45. The van der Waals surface area contributed by atoms with Gasteiger partial charge in [0.2, 0.25) is 0 Å². The van der Waals surface area contributed by atoms with Crippen molar-refractivity contribution in [2.75, 3.05) is 33.9 Å². The molecule has 6 nitrogen and oxygen atoms in total. The molecule has 6 heteroatoms. The summed E-state index contributed by atoms with van der Waals surface area (Å²) in [6.07, 6.45) is 3.98. The standard InChI is InChI=1S/C24H28N2O4/c1-29-17-11-12-20(22(16-17)30-2)21-10-7-14-25(21)13-5-6-15-26-23(27)18-8-3-4-9-19(18)24(26)28/h3-4,8-9,11-12,16,21H,5-7,10,13-15H2,1-2H3/t21-/m0/s1. The molecule has 158 valence electrons. The number of unbranched alkanes of at least 4 members (excludes halogenated alkanes) is 1. The molecule has 0 aromatic heterocycles. The molecule has 4 rings (SSSR count). The molecule has 1 atom stereocenters. The number of carbonyl (C=O) groups excluding carboxylic acids is 2. The normalized spacial score (nSPS) is 18.7. The van der Waals surface area contributed by atoms with Crippen molar-refractivity contribution in [1.29, 1.82) is 0 Å². The number of methoxy groups -OCH3 is 2. The predicted molar refractivity (Wildman–Crippen MR) is 114 cm³/mol. The van der Waals surface area contributed by atoms with Crippen LogP contribution in [0.15, 0.2) is 42.5 Å². The molecule has 0 N–H and O–H groups in total. The maximum atomic E-state index is 12.5. The van der Waals surface area contributed by atoms with Gasteiger partial charge in [0.05, 0.1) is 25.3 Å². The van der Waals surface area contributed by atoms with Crippen LogP contribution >= 0.6 is 0 Å². The molecule has 1 saturated heterocycles. The number of ether oxygens (including phenoxy) is 2. The largest absolute Gasteiger partial charge is 0.497 e. The van der Waals surface area contributed by atoms with Crippen molar-refractivity contribution in [2.45, 2.75) is 31.7 Å². The molecule has 2 aromatic rings. The Morgan fingerprint density at radius 2 is 1.63 bits per heavy atom. The fraction of sp³-hybridized carbons (Fsp3) is 0.417. The van der Waals surface area contributed by atoms with Crippen molar-refractivity contribution in [2.24, 2.45) is 0 Å². The number of fused-ring (bicyclic) bond motifs is 1. The van der Waals surface area contributed by atoms with Crippen molar-refractivity contribution < 1.29 is 19.1 Å². The Morgan fingerprint density at radius 1 is 0.933 bits per heavy atom. The molecule has 0 radical (unpaired) electrons. The maximum Gasteiger partial charge on any atom is 0.261 e. The molecule has 0 aliphatic carbocycles. The van der Waals surface area contributed by atoms with E-state index in [1.54, 1.807) is 38.5 Å². The first kappa shape index (κ1) is 20.4. The first-order valence-electron chi connectivity index (χ1n) is 10.5. The van der Waals surface area contributed by atoms with Crippen LogP contribution in [-0.2, 0) is 0 Å². The lowest BCUT2D eigenvalue weighted by atomic mass is 10.0. The summed E-state index contributed by atoms with van der Waals surface area (Å²) < 4.78 is 10.9. The number of imide groups is 1. The second kappa shape index (κ2) is 8.88. The van der Waals surface area contributed by atoms with Gasteiger partial charge in [-0.15, -0.1) is 0 Å². The van der Waals surface area contributed by atoms with Crippen molar-refractivity contribution in [3.8, 4) is 11.5 Å². The minimum absolute atomic E-state index is 0.169. The lowest BCUT2D eigenvalue weighted by Crippen LogP contribution is -2.31. The van der Waals surface area contributed by atoms with Gasteiger partial charge in [-0.1, -0.05) is 18.2 Å². The van der Waals surface area contributed by atoms with Gasteiger partial charge in [-0.3, -0.25) is 19.4 Å². The van der Waals surface area contributed by atoms with Crippen LogP contribution in [0, 0.1) is 0 Å². The number of hydrogen-bond donors (Lipinski definition) is 0. The Balaban J connectivity index is 1.34. The summed E-state index contributed by atoms with van der Waals surface area (Å²) in [7, 11) is 3.35. The van der Waals surface area contributed by atoms with Crippen molar-refractivity contribution in [3.05, 3.63) is 59.2 Å². The Morgan fingerprint density at radius 3 is 2.30 bits per heavy atom. The van der Waals surface area contributed by atoms with Crippen LogP contribution < -0.4 is 9.47 Å². The van der Waals surface area contributed by atoms with E-state index >= 15 is 0 Å². The van der Waals surface area contributed by atoms with Crippen molar-refractivity contribution in [3.63, 3.8) is 0 Å². The second-order valence-corrected chi connectivity index (χ2v) is 7.82. The average Bonchev–Trinajstić information content (AvgIpc) is 3.34. The van der Waals surface area contributed by atoms with E-state index < -0.39 is 0 Å². The highest BCUT2D eigenvalue weighted by atomic mass is 16.5. The molecular weight excluding hydrogens is 380 g/mol. The van der Waals surface area contributed by atoms with Gasteiger partial charge >= 0.3 is 0 Å². The van der Waals surface area contributed by atoms with Gasteiger partial charge in [0.1, 0.15) is 11.5 Å². The number of carbonyl (C=O) groups is 2. The third-order valence-corrected chi connectivity index (χ3v) is 6.12. The Labute approximate surface area is 177 Å². The third kappa shape index (κ3) is 3.79. The van der Waals surface area contributed by atoms with Crippen LogP contribution in [0.5, 0.6) is 11.5 Å². The Bertz CT molecular complexity index is 908. The minimum atomic E-state index is -0.169. The first-order chi connectivity index (χ1) is 14.6. The lowest BCUT2D eigenvalue weighted by molar-refractivity contribution is 0.0650. The molecule has 0 spiro atoms. The molecule has 30 heavy (non-hydrogen) atoms. The van der Waals surface area contributed by atoms with E-state index in [9.17, 15) is 9.59 Å². The zero-order valence-corrected chi connectivity index (χ0v) is 17.6. The van der Waals surface area contributed by atoms with Gasteiger partial charge in [0.15, 0.2) is 0 Å². The fourth-order valence-corrected chi connectivity index (χ4v) is 4.57. The summed E-state index contributed by atoms with van der Waals surface area (Å²) in [5.41, 5.74) is 2.23. The molecule has 1 fully saturated rings. The van der Waals surface area contributed by atoms with Crippen LogP contribution in [0.4, 0.5) is 0 Å². The average molecular weight is 408 g/mol. The molecule has 2 aliphatic heterocycles. The molecule has 2 aromatic carbocycles. The number of hydrogen-bond acceptors (Lipinski definition) is 5. The van der Waals surface area contributed by atoms with Crippen LogP contribution in [0.3, 0.4) is 0 Å². The molecule has 2 amide bonds. The zero-order valence-electron chi connectivity index (χ0n) is 17.6. The second-order valence-electron chi connectivity index (χ2n) is 7.82. The van der Waals surface area contributed by atoms with E-state index in [1.807, 2.05) is 12.1 Å². The van der Waals surface area contributed by atoms with Gasteiger partial charge in [0.25, 0.3) is 11.8 Å². The van der Waals surface area contributed by atoms with Crippen LogP contribution in [0.25, 0.3) is 0 Å². The number of amides is 2. The minimum Gasteiger partial charge on any atom is -0.497 e. The fourth-order valence-electron chi connectivity index (χ4n) is 4.57. The number of rotatable bonds is 8. The van der Waals surface area contributed by atoms with Crippen LogP contribution in [0.2, 0.25) is 0 Å². The van der Waals surface area contributed by atoms with E-state index in [0.29, 0.717) is 23.7 Å². The van der Waals surface area contributed by atoms with Gasteiger partial charge in [0, 0.05) is 24.2 Å². The van der Waals surface area contributed by atoms with E-state index in [2.05, 4.69) is 11.0 Å². The highest BCUT2D eigenvalue weighted by Gasteiger charge is 2.34. The summed E-state index contributed by atoms with van der Waals surface area (Å²) in [6, 6.07) is 13.4. The summed E-state index contributed by atoms with van der Waals surface area (Å²) in [4.78, 5) is 28.8. The molecule has 2 heterocycles. The molecule has 0 bridgehead atoms. The summed E-state index contributed by atoms with van der Waals surface area (Å²) >= 11 is 0. The molecule has 0 unspecified atom stereocenters. The highest BCUT2D eigenvalue weighted by Crippen LogP contribution is 2.38.